The van der Waals surface area contributed by atoms with E-state index in [4.69, 9.17) is 19.4 Å². The number of aryl methyl sites for hydroxylation is 4. The van der Waals surface area contributed by atoms with Crippen molar-refractivity contribution in [2.75, 3.05) is 13.2 Å². The Morgan fingerprint density at radius 2 is 1.51 bits per heavy atom. The van der Waals surface area contributed by atoms with Gasteiger partial charge in [-0.25, -0.2) is 9.97 Å². The van der Waals surface area contributed by atoms with Crippen molar-refractivity contribution in [3.8, 4) is 0 Å². The van der Waals surface area contributed by atoms with E-state index in [1.807, 2.05) is 62.4 Å². The summed E-state index contributed by atoms with van der Waals surface area (Å²) in [7, 11) is 0. The number of hydrogen-bond acceptors (Lipinski definition) is 6. The lowest BCUT2D eigenvalue weighted by molar-refractivity contribution is -0.162. The third-order valence-electron chi connectivity index (χ3n) is 6.91. The van der Waals surface area contributed by atoms with Crippen LogP contribution in [0.3, 0.4) is 0 Å². The van der Waals surface area contributed by atoms with E-state index in [2.05, 4.69) is 24.5 Å². The Morgan fingerprint density at radius 3 is 2.10 bits per heavy atom. The molecule has 39 heavy (non-hydrogen) atoms. The molecule has 1 unspecified atom stereocenters. The van der Waals surface area contributed by atoms with Crippen LogP contribution in [0, 0.1) is 26.7 Å². The minimum atomic E-state index is -1.11. The van der Waals surface area contributed by atoms with Crippen LogP contribution in [0.15, 0.2) is 54.6 Å². The van der Waals surface area contributed by atoms with Gasteiger partial charge in [-0.1, -0.05) is 61.0 Å². The highest BCUT2D eigenvalue weighted by atomic mass is 16.6. The highest BCUT2D eigenvalue weighted by Gasteiger charge is 2.39. The number of rotatable bonds is 10. The number of carbonyl (C=O) groups excluding carboxylic acids is 2. The van der Waals surface area contributed by atoms with Gasteiger partial charge < -0.3 is 14.0 Å². The van der Waals surface area contributed by atoms with E-state index in [1.165, 1.54) is 0 Å². The first-order chi connectivity index (χ1) is 18.8. The summed E-state index contributed by atoms with van der Waals surface area (Å²) in [5, 5.41) is 0. The number of nitrogens with zero attached hydrogens (tertiary/aromatic N) is 3. The molecule has 0 saturated carbocycles. The van der Waals surface area contributed by atoms with Crippen molar-refractivity contribution in [2.24, 2.45) is 5.92 Å². The zero-order valence-corrected chi connectivity index (χ0v) is 23.7. The molecule has 204 valence electrons. The first-order valence-electron chi connectivity index (χ1n) is 13.6. The van der Waals surface area contributed by atoms with Gasteiger partial charge in [0.05, 0.1) is 19.8 Å². The molecule has 0 fully saturated rings. The summed E-state index contributed by atoms with van der Waals surface area (Å²) < 4.78 is 12.9. The summed E-state index contributed by atoms with van der Waals surface area (Å²) in [5.41, 5.74) is 7.70. The monoisotopic (exact) mass is 527 g/mol. The summed E-state index contributed by atoms with van der Waals surface area (Å²) in [6.07, 6.45) is 0.795. The van der Waals surface area contributed by atoms with Gasteiger partial charge in [0.15, 0.2) is 11.6 Å². The average molecular weight is 528 g/mol. The van der Waals surface area contributed by atoms with Gasteiger partial charge in [0.1, 0.15) is 11.3 Å². The maximum Gasteiger partial charge on any atom is 0.321 e. The van der Waals surface area contributed by atoms with Gasteiger partial charge in [-0.2, -0.15) is 0 Å². The lowest BCUT2D eigenvalue weighted by atomic mass is 9.80. The number of fused-ring (bicyclic) bond motifs is 1. The van der Waals surface area contributed by atoms with Crippen molar-refractivity contribution in [3.05, 3.63) is 93.9 Å². The molecule has 0 aliphatic rings. The third-order valence-corrected chi connectivity index (χ3v) is 6.91. The number of hydrogen-bond donors (Lipinski definition) is 0. The first kappa shape index (κ1) is 28.0. The molecule has 4 aromatic rings. The number of esters is 2. The molecule has 2 heterocycles. The summed E-state index contributed by atoms with van der Waals surface area (Å²) in [5.74, 6) is -1.85. The largest absolute Gasteiger partial charge is 0.465 e. The van der Waals surface area contributed by atoms with E-state index in [0.29, 0.717) is 6.54 Å². The topological polar surface area (TPSA) is 83.3 Å². The van der Waals surface area contributed by atoms with Crippen LogP contribution in [0.2, 0.25) is 0 Å². The van der Waals surface area contributed by atoms with Crippen molar-refractivity contribution in [1.82, 2.24) is 14.5 Å². The molecule has 0 N–H and O–H groups in total. The molecule has 0 aliphatic heterocycles. The lowest BCUT2D eigenvalue weighted by Gasteiger charge is -2.25. The van der Waals surface area contributed by atoms with E-state index < -0.39 is 23.8 Å². The van der Waals surface area contributed by atoms with E-state index in [9.17, 15) is 9.59 Å². The van der Waals surface area contributed by atoms with Gasteiger partial charge >= 0.3 is 11.9 Å². The zero-order chi connectivity index (χ0) is 28.1. The second kappa shape index (κ2) is 12.2. The molecular formula is C32H37N3O4. The standard InChI is InChI=1S/C32H37N3O4/c1-7-26-34-29-21(5)18-22(6)33-30(29)35(26)19-23-13-15-24(16-14-23)27(25-12-10-11-20(4)17-25)28(31(36)38-8-2)32(37)39-9-3/h10-18,27-28H,7-9,19H2,1-6H3. The van der Waals surface area contributed by atoms with Gasteiger partial charge in [-0.05, 0) is 62.9 Å². The fourth-order valence-corrected chi connectivity index (χ4v) is 5.17. The van der Waals surface area contributed by atoms with Gasteiger partial charge in [0.25, 0.3) is 0 Å². The molecule has 2 aromatic carbocycles. The maximum absolute atomic E-state index is 13.1. The van der Waals surface area contributed by atoms with Crippen LogP contribution in [0.1, 0.15) is 66.0 Å². The minimum absolute atomic E-state index is 0.180. The van der Waals surface area contributed by atoms with Crippen LogP contribution in [0.4, 0.5) is 0 Å². The maximum atomic E-state index is 13.1. The SMILES string of the molecule is CCOC(=O)C(C(=O)OCC)C(c1ccc(Cn2c(CC)nc3c(C)cc(C)nc32)cc1)c1cccc(C)c1. The fourth-order valence-electron chi connectivity index (χ4n) is 5.17. The molecule has 0 bridgehead atoms. The molecular weight excluding hydrogens is 490 g/mol. The van der Waals surface area contributed by atoms with Crippen LogP contribution in [0.25, 0.3) is 11.2 Å². The molecule has 0 amide bonds. The molecule has 7 heteroatoms. The third kappa shape index (κ3) is 6.03. The second-order valence-electron chi connectivity index (χ2n) is 9.84. The summed E-state index contributed by atoms with van der Waals surface area (Å²) in [4.78, 5) is 35.9. The number of benzene rings is 2. The van der Waals surface area contributed by atoms with Gasteiger partial charge in [0, 0.05) is 18.0 Å². The molecule has 0 spiro atoms. The van der Waals surface area contributed by atoms with Crippen LogP contribution in [0.5, 0.6) is 0 Å². The molecule has 0 radical (unpaired) electrons. The molecule has 7 nitrogen and oxygen atoms in total. The Hall–Kier alpha value is -4.00. The van der Waals surface area contributed by atoms with E-state index in [1.54, 1.807) is 13.8 Å². The molecule has 2 aromatic heterocycles. The number of carbonyl (C=O) groups is 2. The van der Waals surface area contributed by atoms with Crippen molar-refractivity contribution in [3.63, 3.8) is 0 Å². The Balaban J connectivity index is 1.76. The number of ether oxygens (including phenoxy) is 2. The number of imidazole rings is 1. The molecule has 4 rings (SSSR count). The van der Waals surface area contributed by atoms with Crippen LogP contribution in [-0.4, -0.2) is 39.7 Å². The van der Waals surface area contributed by atoms with Gasteiger partial charge in [-0.3, -0.25) is 9.59 Å². The van der Waals surface area contributed by atoms with Gasteiger partial charge in [-0.15, -0.1) is 0 Å². The molecule has 1 atom stereocenters. The Bertz CT molecular complexity index is 1460. The van der Waals surface area contributed by atoms with Crippen molar-refractivity contribution < 1.29 is 19.1 Å². The summed E-state index contributed by atoms with van der Waals surface area (Å²) in [6, 6.07) is 18.0. The zero-order valence-electron chi connectivity index (χ0n) is 23.7. The summed E-state index contributed by atoms with van der Waals surface area (Å²) >= 11 is 0. The van der Waals surface area contributed by atoms with Crippen molar-refractivity contribution in [1.29, 1.82) is 0 Å². The molecule has 0 saturated heterocycles. The normalized spacial score (nSPS) is 12.1. The summed E-state index contributed by atoms with van der Waals surface area (Å²) in [6.45, 7) is 12.6. The number of pyridine rings is 1. The van der Waals surface area contributed by atoms with Crippen LogP contribution < -0.4 is 0 Å². The highest BCUT2D eigenvalue weighted by Crippen LogP contribution is 2.35. The van der Waals surface area contributed by atoms with Gasteiger partial charge in [0.2, 0.25) is 0 Å². The minimum Gasteiger partial charge on any atom is -0.465 e. The van der Waals surface area contributed by atoms with Crippen molar-refractivity contribution >= 4 is 23.1 Å². The lowest BCUT2D eigenvalue weighted by Crippen LogP contribution is -2.34. The van der Waals surface area contributed by atoms with Crippen molar-refractivity contribution in [2.45, 2.75) is 60.4 Å². The Kier molecular flexibility index (Phi) is 8.79. The predicted octanol–water partition coefficient (Wildman–Crippen LogP) is 5.84. The van der Waals surface area contributed by atoms with E-state index in [-0.39, 0.29) is 13.2 Å². The highest BCUT2D eigenvalue weighted by molar-refractivity contribution is 5.96. The Labute approximate surface area is 230 Å². The second-order valence-corrected chi connectivity index (χ2v) is 9.84. The first-order valence-corrected chi connectivity index (χ1v) is 13.6. The number of aromatic nitrogens is 3. The average Bonchev–Trinajstić information content (AvgIpc) is 3.25. The van der Waals surface area contributed by atoms with Crippen LogP contribution >= 0.6 is 0 Å². The van der Waals surface area contributed by atoms with E-state index >= 15 is 0 Å². The smallest absolute Gasteiger partial charge is 0.321 e. The molecule has 0 aliphatic carbocycles. The Morgan fingerprint density at radius 1 is 0.846 bits per heavy atom. The predicted molar refractivity (Wildman–Crippen MR) is 152 cm³/mol. The van der Waals surface area contributed by atoms with Crippen LogP contribution in [-0.2, 0) is 32.0 Å². The quantitative estimate of drug-likeness (QED) is 0.190. The fraction of sp³-hybridized carbons (Fsp3) is 0.375. The van der Waals surface area contributed by atoms with E-state index in [0.717, 1.165) is 56.9 Å².